The van der Waals surface area contributed by atoms with Crippen LogP contribution in [-0.2, 0) is 16.1 Å². The number of hydrogen-bond donors (Lipinski definition) is 5. The first-order valence-corrected chi connectivity index (χ1v) is 9.99. The fraction of sp³-hybridized carbons (Fsp3) is 0.600. The summed E-state index contributed by atoms with van der Waals surface area (Å²) in [6.45, 7) is 10.3. The van der Waals surface area contributed by atoms with Gasteiger partial charge in [0.05, 0.1) is 19.6 Å². The van der Waals surface area contributed by atoms with Gasteiger partial charge in [-0.3, -0.25) is 0 Å². The first-order chi connectivity index (χ1) is 13.5. The van der Waals surface area contributed by atoms with Gasteiger partial charge in [-0.1, -0.05) is 37.6 Å². The average Bonchev–Trinajstić information content (AvgIpc) is 3.02. The predicted molar refractivity (Wildman–Crippen MR) is 109 cm³/mol. The van der Waals surface area contributed by atoms with Crippen LogP contribution in [0.1, 0.15) is 25.8 Å². The minimum absolute atomic E-state index is 0.693. The number of carbonyl (C=O) groups is 2. The Morgan fingerprint density at radius 1 is 1.21 bits per heavy atom. The number of halogens is 1. The van der Waals surface area contributed by atoms with Crippen LogP contribution in [0.5, 0.6) is 0 Å². The van der Waals surface area contributed by atoms with Crippen LogP contribution in [0.25, 0.3) is 0 Å². The van der Waals surface area contributed by atoms with Crippen LogP contribution in [0, 0.1) is 11.8 Å². The highest BCUT2D eigenvalue weighted by Crippen LogP contribution is 2.29. The molecule has 1 aliphatic heterocycles. The molecule has 0 aromatic heterocycles. The quantitative estimate of drug-likeness (QED) is 0.389. The SMILES string of the molecule is CC(C)C[N+]1(Cc2cccc(Cl)c2)CC[C@@H](CN)C1.O=C(O)C(O)C(O)C(=O)O. The molecular formula is C20H32ClN2O6+. The number of carboxylic acids is 2. The molecule has 1 fully saturated rings. The van der Waals surface area contributed by atoms with Crippen molar-refractivity contribution in [3.8, 4) is 0 Å². The number of hydrogen-bond acceptors (Lipinski definition) is 5. The Morgan fingerprint density at radius 2 is 1.79 bits per heavy atom. The van der Waals surface area contributed by atoms with Crippen LogP contribution < -0.4 is 5.73 Å². The van der Waals surface area contributed by atoms with E-state index < -0.39 is 24.1 Å². The fourth-order valence-electron chi connectivity index (χ4n) is 3.82. The molecule has 1 aliphatic rings. The van der Waals surface area contributed by atoms with Gasteiger partial charge in [0.2, 0.25) is 0 Å². The number of quaternary nitrogens is 1. The minimum Gasteiger partial charge on any atom is -0.479 e. The molecule has 4 atom stereocenters. The molecule has 0 amide bonds. The van der Waals surface area contributed by atoms with Gasteiger partial charge < -0.3 is 30.6 Å². The van der Waals surface area contributed by atoms with Gasteiger partial charge in [0.1, 0.15) is 6.54 Å². The molecule has 0 bridgehead atoms. The second kappa shape index (κ2) is 11.5. The summed E-state index contributed by atoms with van der Waals surface area (Å²) in [4.78, 5) is 19.5. The third-order valence-corrected chi connectivity index (χ3v) is 5.19. The number of carboxylic acid groups (broad SMARTS) is 2. The maximum atomic E-state index is 9.77. The fourth-order valence-corrected chi connectivity index (χ4v) is 4.03. The molecule has 2 rings (SSSR count). The normalized spacial score (nSPS) is 23.2. The van der Waals surface area contributed by atoms with E-state index in [1.165, 1.54) is 36.1 Å². The minimum atomic E-state index is -2.27. The smallest absolute Gasteiger partial charge is 0.335 e. The third-order valence-electron chi connectivity index (χ3n) is 4.96. The molecule has 0 radical (unpaired) electrons. The summed E-state index contributed by atoms with van der Waals surface area (Å²) < 4.78 is 1.18. The topological polar surface area (TPSA) is 141 Å². The Labute approximate surface area is 176 Å². The summed E-state index contributed by atoms with van der Waals surface area (Å²) in [6.07, 6.45) is -3.26. The molecule has 0 spiro atoms. The van der Waals surface area contributed by atoms with Crippen LogP contribution in [0.4, 0.5) is 0 Å². The first-order valence-electron chi connectivity index (χ1n) is 9.61. The van der Waals surface area contributed by atoms with E-state index in [0.29, 0.717) is 5.92 Å². The zero-order chi connectivity index (χ0) is 22.2. The Morgan fingerprint density at radius 3 is 2.21 bits per heavy atom. The molecule has 1 heterocycles. The maximum absolute atomic E-state index is 9.77. The number of benzene rings is 1. The van der Waals surface area contributed by atoms with E-state index in [0.717, 1.165) is 24.0 Å². The Bertz CT molecular complexity index is 669. The second-order valence-electron chi connectivity index (χ2n) is 8.07. The molecule has 0 saturated carbocycles. The number of nitrogens with zero attached hydrogens (tertiary/aromatic N) is 1. The highest BCUT2D eigenvalue weighted by Gasteiger charge is 2.38. The Kier molecular flexibility index (Phi) is 10.0. The van der Waals surface area contributed by atoms with Crippen molar-refractivity contribution in [2.45, 2.75) is 39.0 Å². The number of aliphatic hydroxyl groups is 2. The molecule has 1 aromatic rings. The molecule has 164 valence electrons. The first kappa shape index (κ1) is 25.3. The molecule has 8 nitrogen and oxygen atoms in total. The zero-order valence-electron chi connectivity index (χ0n) is 16.9. The van der Waals surface area contributed by atoms with E-state index in [1.54, 1.807) is 0 Å². The van der Waals surface area contributed by atoms with Crippen LogP contribution in [0.15, 0.2) is 24.3 Å². The lowest BCUT2D eigenvalue weighted by Crippen LogP contribution is -2.48. The Balaban J connectivity index is 0.000000359. The standard InChI is InChI=1S/C16H26ClN2.C4H6O6/c1-13(2)10-19(7-6-15(9-18)12-19)11-14-4-3-5-16(17)8-14;5-1(3(7)8)2(6)4(9)10/h3-5,8,13,15H,6-7,9-12,18H2,1-2H3;1-2,5-6H,(H,7,8)(H,9,10)/q+1;/t15-,19?;/m0./s1. The van der Waals surface area contributed by atoms with Crippen LogP contribution in [-0.4, -0.2) is 75.2 Å². The van der Waals surface area contributed by atoms with E-state index in [2.05, 4.69) is 32.0 Å². The molecule has 9 heteroatoms. The van der Waals surface area contributed by atoms with Gasteiger partial charge >= 0.3 is 11.9 Å². The maximum Gasteiger partial charge on any atom is 0.335 e. The zero-order valence-corrected chi connectivity index (χ0v) is 17.6. The van der Waals surface area contributed by atoms with Crippen molar-refractivity contribution < 1.29 is 34.5 Å². The van der Waals surface area contributed by atoms with Gasteiger partial charge in [0.15, 0.2) is 12.2 Å². The van der Waals surface area contributed by atoms with Crippen molar-refractivity contribution in [2.75, 3.05) is 26.2 Å². The Hall–Kier alpha value is -1.71. The average molecular weight is 432 g/mol. The van der Waals surface area contributed by atoms with Gasteiger partial charge in [-0.25, -0.2) is 9.59 Å². The summed E-state index contributed by atoms with van der Waals surface area (Å²) in [5, 5.41) is 33.4. The molecule has 29 heavy (non-hydrogen) atoms. The van der Waals surface area contributed by atoms with Gasteiger partial charge in [-0.15, -0.1) is 0 Å². The third kappa shape index (κ3) is 8.28. The molecule has 0 aliphatic carbocycles. The highest BCUT2D eigenvalue weighted by molar-refractivity contribution is 6.30. The second-order valence-corrected chi connectivity index (χ2v) is 8.51. The van der Waals surface area contributed by atoms with E-state index in [4.69, 9.17) is 37.8 Å². The highest BCUT2D eigenvalue weighted by atomic mass is 35.5. The van der Waals surface area contributed by atoms with Crippen molar-refractivity contribution >= 4 is 23.5 Å². The van der Waals surface area contributed by atoms with Crippen molar-refractivity contribution in [3.05, 3.63) is 34.9 Å². The van der Waals surface area contributed by atoms with Gasteiger partial charge in [-0.05, 0) is 12.1 Å². The number of nitrogens with two attached hydrogens (primary N) is 1. The van der Waals surface area contributed by atoms with Gasteiger partial charge in [0.25, 0.3) is 0 Å². The van der Waals surface area contributed by atoms with Crippen molar-refractivity contribution in [1.29, 1.82) is 0 Å². The molecule has 1 aromatic carbocycles. The van der Waals surface area contributed by atoms with E-state index in [-0.39, 0.29) is 0 Å². The van der Waals surface area contributed by atoms with Crippen LogP contribution >= 0.6 is 11.6 Å². The van der Waals surface area contributed by atoms with Gasteiger partial charge in [0, 0.05) is 35.4 Å². The molecular weight excluding hydrogens is 400 g/mol. The molecule has 6 N–H and O–H groups in total. The van der Waals surface area contributed by atoms with Crippen LogP contribution in [0.2, 0.25) is 5.02 Å². The number of likely N-dealkylation sites (tertiary alicyclic amines) is 1. The predicted octanol–water partition coefficient (Wildman–Crippen LogP) is 1.17. The monoisotopic (exact) mass is 431 g/mol. The number of aliphatic hydroxyl groups excluding tert-OH is 2. The summed E-state index contributed by atoms with van der Waals surface area (Å²) in [7, 11) is 0. The number of rotatable bonds is 8. The molecule has 3 unspecified atom stereocenters. The lowest BCUT2D eigenvalue weighted by atomic mass is 10.1. The van der Waals surface area contributed by atoms with Crippen molar-refractivity contribution in [2.24, 2.45) is 17.6 Å². The van der Waals surface area contributed by atoms with Crippen molar-refractivity contribution in [3.63, 3.8) is 0 Å². The van der Waals surface area contributed by atoms with Crippen LogP contribution in [0.3, 0.4) is 0 Å². The number of aliphatic carboxylic acids is 2. The van der Waals surface area contributed by atoms with Gasteiger partial charge in [-0.2, -0.15) is 0 Å². The van der Waals surface area contributed by atoms with E-state index in [9.17, 15) is 9.59 Å². The summed E-state index contributed by atoms with van der Waals surface area (Å²) in [6, 6.07) is 8.31. The van der Waals surface area contributed by atoms with E-state index in [1.807, 2.05) is 6.07 Å². The largest absolute Gasteiger partial charge is 0.479 e. The lowest BCUT2D eigenvalue weighted by Gasteiger charge is -2.36. The summed E-state index contributed by atoms with van der Waals surface area (Å²) >= 11 is 6.11. The van der Waals surface area contributed by atoms with Crippen molar-refractivity contribution in [1.82, 2.24) is 0 Å². The van der Waals surface area contributed by atoms with E-state index >= 15 is 0 Å². The summed E-state index contributed by atoms with van der Waals surface area (Å²) in [5.74, 6) is -2.13. The molecule has 1 saturated heterocycles. The summed E-state index contributed by atoms with van der Waals surface area (Å²) in [5.41, 5.74) is 7.22. The lowest BCUT2D eigenvalue weighted by molar-refractivity contribution is -0.933.